The summed E-state index contributed by atoms with van der Waals surface area (Å²) >= 11 is 1.53. The van der Waals surface area contributed by atoms with Crippen LogP contribution in [0.3, 0.4) is 0 Å². The molecule has 6 heteroatoms. The van der Waals surface area contributed by atoms with Gasteiger partial charge in [-0.15, -0.1) is 11.8 Å². The van der Waals surface area contributed by atoms with Gasteiger partial charge in [0, 0.05) is 21.8 Å². The van der Waals surface area contributed by atoms with E-state index >= 15 is 0 Å². The van der Waals surface area contributed by atoms with Crippen LogP contribution in [0.4, 0.5) is 5.69 Å². The largest absolute Gasteiger partial charge is 0.326 e. The van der Waals surface area contributed by atoms with Gasteiger partial charge in [-0.3, -0.25) is 9.59 Å². The van der Waals surface area contributed by atoms with Gasteiger partial charge < -0.3 is 10.3 Å². The van der Waals surface area contributed by atoms with Gasteiger partial charge in [0.25, 0.3) is 5.56 Å². The Labute approximate surface area is 156 Å². The second-order valence-corrected chi connectivity index (χ2v) is 8.10. The number of carbonyl (C=O) groups is 1. The molecule has 1 aromatic heterocycles. The van der Waals surface area contributed by atoms with Crippen LogP contribution in [0, 0.1) is 5.41 Å². The number of para-hydroxylation sites is 2. The highest BCUT2D eigenvalue weighted by molar-refractivity contribution is 7.98. The van der Waals surface area contributed by atoms with Crippen LogP contribution in [0.1, 0.15) is 26.5 Å². The van der Waals surface area contributed by atoms with Gasteiger partial charge in [-0.2, -0.15) is 0 Å². The Bertz CT molecular complexity index is 988. The van der Waals surface area contributed by atoms with Crippen molar-refractivity contribution in [3.63, 3.8) is 0 Å². The van der Waals surface area contributed by atoms with E-state index in [1.54, 1.807) is 0 Å². The van der Waals surface area contributed by atoms with Gasteiger partial charge in [0.1, 0.15) is 5.69 Å². The van der Waals surface area contributed by atoms with E-state index in [2.05, 4.69) is 15.3 Å². The molecule has 1 heterocycles. The van der Waals surface area contributed by atoms with E-state index in [1.807, 2.05) is 69.3 Å². The lowest BCUT2D eigenvalue weighted by Gasteiger charge is -2.17. The first-order valence-electron chi connectivity index (χ1n) is 8.35. The molecule has 0 aliphatic rings. The fourth-order valence-corrected chi connectivity index (χ4v) is 3.10. The quantitative estimate of drug-likeness (QED) is 0.678. The number of aromatic amines is 1. The Morgan fingerprint density at radius 1 is 1.12 bits per heavy atom. The van der Waals surface area contributed by atoms with Crippen LogP contribution >= 0.6 is 11.8 Å². The molecule has 0 radical (unpaired) electrons. The summed E-state index contributed by atoms with van der Waals surface area (Å²) in [5, 5.41) is 2.90. The topological polar surface area (TPSA) is 74.8 Å². The summed E-state index contributed by atoms with van der Waals surface area (Å²) < 4.78 is 0. The Kier molecular flexibility index (Phi) is 5.13. The maximum Gasteiger partial charge on any atom is 0.271 e. The number of fused-ring (bicyclic) bond motifs is 1. The molecular formula is C20H21N3O2S. The van der Waals surface area contributed by atoms with Crippen LogP contribution in [0.5, 0.6) is 0 Å². The Balaban J connectivity index is 1.68. The molecule has 2 aromatic carbocycles. The van der Waals surface area contributed by atoms with Crippen LogP contribution in [0.25, 0.3) is 11.0 Å². The minimum absolute atomic E-state index is 0.0233. The van der Waals surface area contributed by atoms with Crippen molar-refractivity contribution in [2.45, 2.75) is 31.4 Å². The maximum atomic E-state index is 12.1. The monoisotopic (exact) mass is 367 g/mol. The van der Waals surface area contributed by atoms with E-state index in [1.165, 1.54) is 11.8 Å². The third kappa shape index (κ3) is 4.32. The molecule has 3 aromatic rings. The predicted molar refractivity (Wildman–Crippen MR) is 106 cm³/mol. The van der Waals surface area contributed by atoms with Gasteiger partial charge in [-0.05, 0) is 36.4 Å². The normalized spacial score (nSPS) is 11.5. The fourth-order valence-electron chi connectivity index (χ4n) is 2.27. The number of nitrogens with one attached hydrogen (secondary N) is 2. The van der Waals surface area contributed by atoms with Crippen molar-refractivity contribution < 1.29 is 4.79 Å². The van der Waals surface area contributed by atoms with E-state index in [4.69, 9.17) is 0 Å². The van der Waals surface area contributed by atoms with Crippen LogP contribution in [-0.4, -0.2) is 15.9 Å². The lowest BCUT2D eigenvalue weighted by Crippen LogP contribution is -2.27. The number of thioether (sulfide) groups is 1. The summed E-state index contributed by atoms with van der Waals surface area (Å²) in [5.74, 6) is 0.457. The van der Waals surface area contributed by atoms with E-state index < -0.39 is 5.41 Å². The minimum atomic E-state index is -0.434. The van der Waals surface area contributed by atoms with E-state index in [0.29, 0.717) is 11.4 Å². The zero-order valence-electron chi connectivity index (χ0n) is 15.0. The summed E-state index contributed by atoms with van der Waals surface area (Å²) in [6.07, 6.45) is 0. The predicted octanol–water partition coefficient (Wildman–Crippen LogP) is 4.20. The number of hydrogen-bond donors (Lipinski definition) is 2. The average Bonchev–Trinajstić information content (AvgIpc) is 2.60. The van der Waals surface area contributed by atoms with Gasteiger partial charge in [0.05, 0.1) is 11.0 Å². The average molecular weight is 367 g/mol. The van der Waals surface area contributed by atoms with Crippen molar-refractivity contribution in [1.29, 1.82) is 0 Å². The molecule has 0 atom stereocenters. The van der Waals surface area contributed by atoms with E-state index in [9.17, 15) is 9.59 Å². The molecular weight excluding hydrogens is 346 g/mol. The molecule has 2 N–H and O–H groups in total. The van der Waals surface area contributed by atoms with E-state index in [-0.39, 0.29) is 11.5 Å². The van der Waals surface area contributed by atoms with Crippen LogP contribution in [-0.2, 0) is 10.5 Å². The fraction of sp³-hybridized carbons (Fsp3) is 0.250. The molecule has 0 aliphatic heterocycles. The van der Waals surface area contributed by atoms with Gasteiger partial charge >= 0.3 is 0 Å². The number of amides is 1. The number of benzene rings is 2. The van der Waals surface area contributed by atoms with Gasteiger partial charge in [-0.1, -0.05) is 32.9 Å². The van der Waals surface area contributed by atoms with Gasteiger partial charge in [0.2, 0.25) is 5.91 Å². The molecule has 134 valence electrons. The Hall–Kier alpha value is -2.60. The first-order chi connectivity index (χ1) is 12.3. The number of anilines is 1. The molecule has 0 unspecified atom stereocenters. The van der Waals surface area contributed by atoms with Gasteiger partial charge in [-0.25, -0.2) is 4.98 Å². The zero-order valence-corrected chi connectivity index (χ0v) is 15.8. The van der Waals surface area contributed by atoms with Crippen molar-refractivity contribution in [3.05, 3.63) is 64.6 Å². The standard InChI is InChI=1S/C20H21N3O2S/c1-20(2,3)19(25)21-13-8-10-14(11-9-13)26-12-17-18(24)23-16-7-5-4-6-15(16)22-17/h4-11H,12H2,1-3H3,(H,21,25)(H,23,24). The van der Waals surface area contributed by atoms with Crippen molar-refractivity contribution >= 4 is 34.4 Å². The summed E-state index contributed by atoms with van der Waals surface area (Å²) in [5.41, 5.74) is 2.18. The first-order valence-corrected chi connectivity index (χ1v) is 9.34. The molecule has 0 saturated carbocycles. The van der Waals surface area contributed by atoms with Crippen molar-refractivity contribution in [1.82, 2.24) is 9.97 Å². The van der Waals surface area contributed by atoms with Crippen molar-refractivity contribution in [3.8, 4) is 0 Å². The molecule has 5 nitrogen and oxygen atoms in total. The van der Waals surface area contributed by atoms with Crippen LogP contribution in [0.2, 0.25) is 0 Å². The smallest absolute Gasteiger partial charge is 0.271 e. The molecule has 0 aliphatic carbocycles. The molecule has 26 heavy (non-hydrogen) atoms. The highest BCUT2D eigenvalue weighted by Gasteiger charge is 2.21. The summed E-state index contributed by atoms with van der Waals surface area (Å²) in [6, 6.07) is 15.1. The highest BCUT2D eigenvalue weighted by atomic mass is 32.2. The number of H-pyrrole nitrogens is 1. The lowest BCUT2D eigenvalue weighted by atomic mass is 9.95. The SMILES string of the molecule is CC(C)(C)C(=O)Nc1ccc(SCc2nc3ccccc3[nH]c2=O)cc1. The molecule has 0 spiro atoms. The molecule has 1 amide bonds. The highest BCUT2D eigenvalue weighted by Crippen LogP contribution is 2.24. The summed E-state index contributed by atoms with van der Waals surface area (Å²) in [7, 11) is 0. The van der Waals surface area contributed by atoms with Gasteiger partial charge in [0.15, 0.2) is 0 Å². The molecule has 0 bridgehead atoms. The third-order valence-corrected chi connectivity index (χ3v) is 4.86. The van der Waals surface area contributed by atoms with Crippen molar-refractivity contribution in [2.24, 2.45) is 5.41 Å². The zero-order chi connectivity index (χ0) is 18.7. The minimum Gasteiger partial charge on any atom is -0.326 e. The number of aromatic nitrogens is 2. The van der Waals surface area contributed by atoms with Crippen molar-refractivity contribution in [2.75, 3.05) is 5.32 Å². The number of carbonyl (C=O) groups excluding carboxylic acids is 1. The van der Waals surface area contributed by atoms with Crippen LogP contribution in [0.15, 0.2) is 58.2 Å². The first kappa shape index (κ1) is 18.2. The summed E-state index contributed by atoms with van der Waals surface area (Å²) in [6.45, 7) is 5.63. The van der Waals surface area contributed by atoms with E-state index in [0.717, 1.165) is 21.6 Å². The third-order valence-electron chi connectivity index (χ3n) is 3.84. The molecule has 3 rings (SSSR count). The maximum absolute atomic E-state index is 12.1. The second-order valence-electron chi connectivity index (χ2n) is 7.05. The second kappa shape index (κ2) is 7.33. The lowest BCUT2D eigenvalue weighted by molar-refractivity contribution is -0.123. The number of rotatable bonds is 4. The summed E-state index contributed by atoms with van der Waals surface area (Å²) in [4.78, 5) is 32.5. The molecule has 0 saturated heterocycles. The Morgan fingerprint density at radius 2 is 1.81 bits per heavy atom. The van der Waals surface area contributed by atoms with Crippen LogP contribution < -0.4 is 10.9 Å². The number of hydrogen-bond acceptors (Lipinski definition) is 4. The number of nitrogens with zero attached hydrogens (tertiary/aromatic N) is 1. The molecule has 0 fully saturated rings. The Morgan fingerprint density at radius 3 is 2.50 bits per heavy atom.